The van der Waals surface area contributed by atoms with Gasteiger partial charge in [-0.2, -0.15) is 4.31 Å². The van der Waals surface area contributed by atoms with Gasteiger partial charge in [0.25, 0.3) is 0 Å². The van der Waals surface area contributed by atoms with Gasteiger partial charge in [-0.05, 0) is 12.8 Å². The number of rotatable bonds is 3. The van der Waals surface area contributed by atoms with Crippen molar-refractivity contribution in [3.05, 3.63) is 0 Å². The van der Waals surface area contributed by atoms with Gasteiger partial charge in [-0.25, -0.2) is 16.8 Å². The van der Waals surface area contributed by atoms with Gasteiger partial charge in [0.2, 0.25) is 10.0 Å². The van der Waals surface area contributed by atoms with Gasteiger partial charge in [0, 0.05) is 19.3 Å². The highest BCUT2D eigenvalue weighted by Crippen LogP contribution is 2.14. The van der Waals surface area contributed by atoms with Gasteiger partial charge >= 0.3 is 0 Å². The Morgan fingerprint density at radius 2 is 1.93 bits per heavy atom. The van der Waals surface area contributed by atoms with Crippen molar-refractivity contribution in [2.24, 2.45) is 0 Å². The van der Waals surface area contributed by atoms with Crippen LogP contribution < -0.4 is 0 Å². The standard InChI is InChI=1S/C7H15NO5S2/c1-14(10,11)6-15(12,13)8-4-2-3-7(9)5-8/h7,9H,2-6H2,1H3/t7-/m0/s1. The summed E-state index contributed by atoms with van der Waals surface area (Å²) in [7, 11) is -7.35. The van der Waals surface area contributed by atoms with Crippen molar-refractivity contribution in [1.29, 1.82) is 0 Å². The van der Waals surface area contributed by atoms with Gasteiger partial charge < -0.3 is 5.11 Å². The van der Waals surface area contributed by atoms with E-state index in [4.69, 9.17) is 0 Å². The van der Waals surface area contributed by atoms with Crippen molar-refractivity contribution >= 4 is 19.9 Å². The third-order valence-corrected chi connectivity index (χ3v) is 6.14. The topological polar surface area (TPSA) is 91.8 Å². The molecule has 1 aliphatic heterocycles. The van der Waals surface area contributed by atoms with Gasteiger partial charge in [-0.15, -0.1) is 0 Å². The molecule has 1 aliphatic rings. The third-order valence-electron chi connectivity index (χ3n) is 2.12. The minimum absolute atomic E-state index is 0.00213. The molecule has 0 aromatic heterocycles. The zero-order valence-corrected chi connectivity index (χ0v) is 10.1. The third kappa shape index (κ3) is 4.06. The molecule has 0 aliphatic carbocycles. The predicted molar refractivity (Wildman–Crippen MR) is 55.4 cm³/mol. The van der Waals surface area contributed by atoms with Crippen molar-refractivity contribution in [2.45, 2.75) is 18.9 Å². The summed E-state index contributed by atoms with van der Waals surface area (Å²) in [5.41, 5.74) is 0. The average Bonchev–Trinajstić information content (AvgIpc) is 1.99. The number of nitrogens with zero attached hydrogens (tertiary/aromatic N) is 1. The lowest BCUT2D eigenvalue weighted by atomic mass is 10.1. The van der Waals surface area contributed by atoms with Crippen LogP contribution in [0.2, 0.25) is 0 Å². The van der Waals surface area contributed by atoms with Crippen molar-refractivity contribution in [1.82, 2.24) is 4.31 Å². The Labute approximate surface area is 89.9 Å². The first kappa shape index (κ1) is 12.9. The Bertz CT molecular complexity index is 413. The minimum atomic E-state index is -3.79. The van der Waals surface area contributed by atoms with Crippen LogP contribution in [-0.2, 0) is 19.9 Å². The molecule has 0 aromatic carbocycles. The molecule has 90 valence electrons. The van der Waals surface area contributed by atoms with Crippen molar-refractivity contribution in [3.8, 4) is 0 Å². The van der Waals surface area contributed by atoms with E-state index in [0.717, 1.165) is 10.6 Å². The maximum Gasteiger partial charge on any atom is 0.228 e. The predicted octanol–water partition coefficient (Wildman–Crippen LogP) is -1.22. The molecule has 1 heterocycles. The van der Waals surface area contributed by atoms with Crippen LogP contribution in [0.5, 0.6) is 0 Å². The Kier molecular flexibility index (Phi) is 3.75. The molecule has 0 amide bonds. The first-order chi connectivity index (χ1) is 6.71. The Balaban J connectivity index is 2.78. The molecule has 6 nitrogen and oxygen atoms in total. The van der Waals surface area contributed by atoms with E-state index in [1.807, 2.05) is 0 Å². The lowest BCUT2D eigenvalue weighted by Crippen LogP contribution is -2.44. The average molecular weight is 257 g/mol. The highest BCUT2D eigenvalue weighted by molar-refractivity contribution is 8.06. The molecule has 1 fully saturated rings. The number of aliphatic hydroxyl groups is 1. The van der Waals surface area contributed by atoms with Crippen LogP contribution in [0.15, 0.2) is 0 Å². The highest BCUT2D eigenvalue weighted by atomic mass is 32.3. The fraction of sp³-hybridized carbons (Fsp3) is 1.00. The summed E-state index contributed by atoms with van der Waals surface area (Å²) >= 11 is 0. The highest BCUT2D eigenvalue weighted by Gasteiger charge is 2.30. The summed E-state index contributed by atoms with van der Waals surface area (Å²) in [6.45, 7) is 0.284. The van der Waals surface area contributed by atoms with Crippen LogP contribution in [0.1, 0.15) is 12.8 Å². The van der Waals surface area contributed by atoms with E-state index in [2.05, 4.69) is 0 Å². The molecule has 0 saturated carbocycles. The molecule has 8 heteroatoms. The number of sulfone groups is 1. The molecule has 1 atom stereocenters. The molecule has 0 spiro atoms. The quantitative estimate of drug-likeness (QED) is 0.684. The van der Waals surface area contributed by atoms with Gasteiger partial charge in [-0.3, -0.25) is 0 Å². The maximum atomic E-state index is 11.6. The zero-order valence-electron chi connectivity index (χ0n) is 8.46. The normalized spacial score (nSPS) is 25.3. The number of piperidine rings is 1. The van der Waals surface area contributed by atoms with Crippen LogP contribution in [0, 0.1) is 0 Å². The SMILES string of the molecule is CS(=O)(=O)CS(=O)(=O)N1CCC[C@H](O)C1. The molecule has 1 saturated heterocycles. The van der Waals surface area contributed by atoms with Crippen LogP contribution in [-0.4, -0.2) is 56.8 Å². The van der Waals surface area contributed by atoms with Crippen molar-refractivity contribution in [3.63, 3.8) is 0 Å². The summed E-state index contributed by atoms with van der Waals surface area (Å²) in [4.78, 5) is 0. The van der Waals surface area contributed by atoms with Gasteiger partial charge in [-0.1, -0.05) is 0 Å². The monoisotopic (exact) mass is 257 g/mol. The summed E-state index contributed by atoms with van der Waals surface area (Å²) in [5.74, 6) is 0. The smallest absolute Gasteiger partial charge is 0.228 e. The van der Waals surface area contributed by atoms with Crippen molar-refractivity contribution in [2.75, 3.05) is 24.4 Å². The summed E-state index contributed by atoms with van der Waals surface area (Å²) in [5, 5.41) is 8.40. The fourth-order valence-electron chi connectivity index (χ4n) is 1.52. The minimum Gasteiger partial charge on any atom is -0.392 e. The Morgan fingerprint density at radius 1 is 1.33 bits per heavy atom. The van der Waals surface area contributed by atoms with E-state index in [1.54, 1.807) is 0 Å². The summed E-state index contributed by atoms with van der Waals surface area (Å²) in [6.07, 6.45) is 1.31. The Morgan fingerprint density at radius 3 is 2.40 bits per heavy atom. The second-order valence-corrected chi connectivity index (χ2v) is 8.28. The van der Waals surface area contributed by atoms with Crippen molar-refractivity contribution < 1.29 is 21.9 Å². The second kappa shape index (κ2) is 4.36. The molecule has 0 bridgehead atoms. The number of sulfonamides is 1. The number of hydrogen-bond acceptors (Lipinski definition) is 5. The van der Waals surface area contributed by atoms with E-state index < -0.39 is 31.0 Å². The second-order valence-electron chi connectivity index (χ2n) is 3.81. The van der Waals surface area contributed by atoms with Gasteiger partial charge in [0.05, 0.1) is 6.10 Å². The molecule has 1 rings (SSSR count). The maximum absolute atomic E-state index is 11.6. The zero-order chi connectivity index (χ0) is 11.7. The van der Waals surface area contributed by atoms with E-state index in [9.17, 15) is 21.9 Å². The van der Waals surface area contributed by atoms with E-state index in [0.29, 0.717) is 12.8 Å². The van der Waals surface area contributed by atoms with Gasteiger partial charge in [0.1, 0.15) is 0 Å². The molecule has 0 unspecified atom stereocenters. The van der Waals surface area contributed by atoms with Crippen LogP contribution in [0.25, 0.3) is 0 Å². The lowest BCUT2D eigenvalue weighted by molar-refractivity contribution is 0.108. The lowest BCUT2D eigenvalue weighted by Gasteiger charge is -2.28. The van der Waals surface area contributed by atoms with E-state index >= 15 is 0 Å². The molecule has 0 aromatic rings. The fourth-order valence-corrected chi connectivity index (χ4v) is 5.09. The van der Waals surface area contributed by atoms with Crippen LogP contribution in [0.3, 0.4) is 0 Å². The Hall–Kier alpha value is -0.180. The first-order valence-electron chi connectivity index (χ1n) is 4.54. The molecule has 0 radical (unpaired) electrons. The number of hydrogen-bond donors (Lipinski definition) is 1. The summed E-state index contributed by atoms with van der Waals surface area (Å²) in [6, 6.07) is 0. The van der Waals surface area contributed by atoms with Crippen LogP contribution in [0.4, 0.5) is 0 Å². The van der Waals surface area contributed by atoms with E-state index in [1.165, 1.54) is 0 Å². The molecule has 1 N–H and O–H groups in total. The van der Waals surface area contributed by atoms with E-state index in [-0.39, 0.29) is 13.1 Å². The van der Waals surface area contributed by atoms with Gasteiger partial charge in [0.15, 0.2) is 14.9 Å². The molecule has 15 heavy (non-hydrogen) atoms. The molecular formula is C7H15NO5S2. The summed E-state index contributed by atoms with van der Waals surface area (Å²) < 4.78 is 46.0. The van der Waals surface area contributed by atoms with Crippen LogP contribution >= 0.6 is 0 Å². The largest absolute Gasteiger partial charge is 0.392 e. The number of aliphatic hydroxyl groups excluding tert-OH is 1. The molecular weight excluding hydrogens is 242 g/mol. The first-order valence-corrected chi connectivity index (χ1v) is 8.21. The number of β-amino-alcohol motifs (C(OH)–C–C–N with tert-alkyl or cyclic N) is 1.